The van der Waals surface area contributed by atoms with Gasteiger partial charge in [0, 0.05) is 0 Å². The van der Waals surface area contributed by atoms with E-state index >= 15 is 0 Å². The molecular formula is C20H34. The molecule has 0 aromatic rings. The van der Waals surface area contributed by atoms with Crippen molar-refractivity contribution in [2.24, 2.45) is 35.5 Å². The van der Waals surface area contributed by atoms with Gasteiger partial charge in [-0.15, -0.1) is 0 Å². The Morgan fingerprint density at radius 3 is 1.05 bits per heavy atom. The summed E-state index contributed by atoms with van der Waals surface area (Å²) in [5.41, 5.74) is 0. The molecule has 0 N–H and O–H groups in total. The Morgan fingerprint density at radius 1 is 0.300 bits per heavy atom. The van der Waals surface area contributed by atoms with E-state index in [1.807, 2.05) is 0 Å². The summed E-state index contributed by atoms with van der Waals surface area (Å²) in [6, 6.07) is 0. The molecule has 114 valence electrons. The molecule has 0 atom stereocenters. The van der Waals surface area contributed by atoms with Gasteiger partial charge in [-0.05, 0) is 74.0 Å². The van der Waals surface area contributed by atoms with E-state index in [1.165, 1.54) is 24.7 Å². The van der Waals surface area contributed by atoms with Gasteiger partial charge in [-0.1, -0.05) is 51.4 Å². The van der Waals surface area contributed by atoms with Gasteiger partial charge in [0.15, 0.2) is 0 Å². The van der Waals surface area contributed by atoms with Gasteiger partial charge in [0.1, 0.15) is 0 Å². The summed E-state index contributed by atoms with van der Waals surface area (Å²) in [5, 5.41) is 0. The molecule has 6 aliphatic rings. The standard InChI is InChI=1S/C11H18.C9H16/c1-2-9-5-10-3-8(1)4-11(6-9)7-10;1-3-8-5-2-6-9(4-1)7-8/h8-11H,1-7H2;8-9H,1-7H2. The molecule has 6 saturated carbocycles. The van der Waals surface area contributed by atoms with Crippen LogP contribution in [-0.2, 0) is 0 Å². The predicted molar refractivity (Wildman–Crippen MR) is 85.6 cm³/mol. The fourth-order valence-corrected chi connectivity index (χ4v) is 6.69. The lowest BCUT2D eigenvalue weighted by atomic mass is 9.68. The third-order valence-corrected chi connectivity index (χ3v) is 7.43. The van der Waals surface area contributed by atoms with E-state index in [0.717, 1.165) is 23.7 Å². The molecule has 0 radical (unpaired) electrons. The van der Waals surface area contributed by atoms with Crippen LogP contribution in [0.5, 0.6) is 0 Å². The highest BCUT2D eigenvalue weighted by Crippen LogP contribution is 2.50. The van der Waals surface area contributed by atoms with Gasteiger partial charge in [-0.25, -0.2) is 0 Å². The monoisotopic (exact) mass is 274 g/mol. The molecule has 0 aromatic heterocycles. The Kier molecular flexibility index (Phi) is 4.10. The van der Waals surface area contributed by atoms with Gasteiger partial charge in [0.25, 0.3) is 0 Å². The van der Waals surface area contributed by atoms with E-state index in [2.05, 4.69) is 0 Å². The minimum atomic E-state index is 1.15. The summed E-state index contributed by atoms with van der Waals surface area (Å²) < 4.78 is 0. The van der Waals surface area contributed by atoms with E-state index in [9.17, 15) is 0 Å². The fraction of sp³-hybridized carbons (Fsp3) is 1.00. The number of hydrogen-bond donors (Lipinski definition) is 0. The molecule has 0 heteroatoms. The minimum Gasteiger partial charge on any atom is -0.0528 e. The zero-order valence-electron chi connectivity index (χ0n) is 13.4. The molecule has 6 bridgehead atoms. The second-order valence-corrected chi connectivity index (χ2v) is 9.05. The lowest BCUT2D eigenvalue weighted by molar-refractivity contribution is 0.134. The molecule has 0 spiro atoms. The molecule has 6 aliphatic carbocycles. The van der Waals surface area contributed by atoms with Crippen molar-refractivity contribution in [3.8, 4) is 0 Å². The molecular weight excluding hydrogens is 240 g/mol. The predicted octanol–water partition coefficient (Wildman–Crippen LogP) is 6.20. The van der Waals surface area contributed by atoms with Crippen LogP contribution in [0.2, 0.25) is 0 Å². The SMILES string of the molecule is C1CC2CC3CC1CC(C2)C3.C1CC2CCCC(C1)C2. The first kappa shape index (κ1) is 13.6. The highest BCUT2D eigenvalue weighted by Gasteiger charge is 2.38. The largest absolute Gasteiger partial charge is 0.0528 e. The minimum absolute atomic E-state index is 1.15. The summed E-state index contributed by atoms with van der Waals surface area (Å²) in [4.78, 5) is 0. The van der Waals surface area contributed by atoms with Gasteiger partial charge in [0.05, 0.1) is 0 Å². The van der Waals surface area contributed by atoms with Crippen LogP contribution in [-0.4, -0.2) is 0 Å². The maximum atomic E-state index is 1.60. The number of hydrogen-bond acceptors (Lipinski definition) is 0. The average Bonchev–Trinajstić information content (AvgIpc) is 2.67. The van der Waals surface area contributed by atoms with Crippen LogP contribution in [0, 0.1) is 35.5 Å². The zero-order chi connectivity index (χ0) is 13.4. The van der Waals surface area contributed by atoms with Crippen LogP contribution in [0.4, 0.5) is 0 Å². The Bertz CT molecular complexity index is 266. The van der Waals surface area contributed by atoms with Crippen molar-refractivity contribution >= 4 is 0 Å². The molecule has 0 amide bonds. The topological polar surface area (TPSA) is 0 Å². The smallest absolute Gasteiger partial charge is 0.0406 e. The highest BCUT2D eigenvalue weighted by molar-refractivity contribution is 4.90. The van der Waals surface area contributed by atoms with E-state index in [0.29, 0.717) is 0 Å². The van der Waals surface area contributed by atoms with E-state index in [4.69, 9.17) is 0 Å². The first-order valence-electron chi connectivity index (χ1n) is 9.85. The molecule has 0 aliphatic heterocycles. The Balaban J connectivity index is 0.000000108. The normalized spacial score (nSPS) is 49.2. The van der Waals surface area contributed by atoms with Crippen LogP contribution in [0.25, 0.3) is 0 Å². The quantitative estimate of drug-likeness (QED) is 0.493. The second-order valence-electron chi connectivity index (χ2n) is 9.05. The molecule has 0 saturated heterocycles. The first-order valence-corrected chi connectivity index (χ1v) is 9.85. The Morgan fingerprint density at radius 2 is 0.650 bits per heavy atom. The Labute approximate surface area is 126 Å². The third kappa shape index (κ3) is 3.09. The van der Waals surface area contributed by atoms with Crippen molar-refractivity contribution in [3.63, 3.8) is 0 Å². The molecule has 20 heavy (non-hydrogen) atoms. The van der Waals surface area contributed by atoms with Crippen molar-refractivity contribution in [3.05, 3.63) is 0 Å². The summed E-state index contributed by atoms with van der Waals surface area (Å²) in [7, 11) is 0. The Hall–Kier alpha value is 0. The van der Waals surface area contributed by atoms with Crippen molar-refractivity contribution in [2.45, 2.75) is 89.9 Å². The molecule has 0 aromatic carbocycles. The van der Waals surface area contributed by atoms with E-state index in [1.54, 1.807) is 77.0 Å². The summed E-state index contributed by atoms with van der Waals surface area (Å²) in [5.74, 6) is 6.95. The maximum absolute atomic E-state index is 1.60. The molecule has 0 heterocycles. The summed E-state index contributed by atoms with van der Waals surface area (Å²) >= 11 is 0. The van der Waals surface area contributed by atoms with Crippen molar-refractivity contribution < 1.29 is 0 Å². The van der Waals surface area contributed by atoms with Crippen LogP contribution in [0.15, 0.2) is 0 Å². The lowest BCUT2D eigenvalue weighted by Gasteiger charge is -2.38. The highest BCUT2D eigenvalue weighted by atomic mass is 14.4. The second kappa shape index (κ2) is 6.01. The zero-order valence-corrected chi connectivity index (χ0v) is 13.4. The lowest BCUT2D eigenvalue weighted by Crippen LogP contribution is -2.26. The van der Waals surface area contributed by atoms with Crippen LogP contribution in [0.1, 0.15) is 89.9 Å². The van der Waals surface area contributed by atoms with Crippen LogP contribution < -0.4 is 0 Å². The molecule has 6 rings (SSSR count). The van der Waals surface area contributed by atoms with Crippen LogP contribution in [0.3, 0.4) is 0 Å². The number of fused-ring (bicyclic) bond motifs is 3. The fourth-order valence-electron chi connectivity index (χ4n) is 6.69. The average molecular weight is 274 g/mol. The molecule has 6 fully saturated rings. The summed E-state index contributed by atoms with van der Waals surface area (Å²) in [6.45, 7) is 0. The van der Waals surface area contributed by atoms with Gasteiger partial charge in [-0.3, -0.25) is 0 Å². The summed E-state index contributed by atoms with van der Waals surface area (Å²) in [6.07, 6.45) is 22.0. The van der Waals surface area contributed by atoms with Gasteiger partial charge < -0.3 is 0 Å². The van der Waals surface area contributed by atoms with Gasteiger partial charge in [0.2, 0.25) is 0 Å². The van der Waals surface area contributed by atoms with Crippen LogP contribution >= 0.6 is 0 Å². The first-order chi connectivity index (χ1) is 9.85. The molecule has 0 unspecified atom stereocenters. The molecule has 0 nitrogen and oxygen atoms in total. The third-order valence-electron chi connectivity index (χ3n) is 7.43. The van der Waals surface area contributed by atoms with Gasteiger partial charge >= 0.3 is 0 Å². The number of rotatable bonds is 0. The van der Waals surface area contributed by atoms with E-state index < -0.39 is 0 Å². The maximum Gasteiger partial charge on any atom is -0.0406 e. The van der Waals surface area contributed by atoms with Crippen molar-refractivity contribution in [2.75, 3.05) is 0 Å². The van der Waals surface area contributed by atoms with E-state index in [-0.39, 0.29) is 0 Å². The van der Waals surface area contributed by atoms with Gasteiger partial charge in [-0.2, -0.15) is 0 Å². The van der Waals surface area contributed by atoms with Crippen molar-refractivity contribution in [1.29, 1.82) is 0 Å². The van der Waals surface area contributed by atoms with Crippen molar-refractivity contribution in [1.82, 2.24) is 0 Å².